The van der Waals surface area contributed by atoms with E-state index in [1.807, 2.05) is 48.5 Å². The first-order chi connectivity index (χ1) is 15.1. The van der Waals surface area contributed by atoms with Crippen LogP contribution >= 0.6 is 0 Å². The molecule has 5 heteroatoms. The zero-order valence-electron chi connectivity index (χ0n) is 17.5. The van der Waals surface area contributed by atoms with Gasteiger partial charge in [0, 0.05) is 21.4 Å². The summed E-state index contributed by atoms with van der Waals surface area (Å²) in [6.45, 7) is 0.714. The number of carbonyl (C=O) groups is 1. The third-order valence-corrected chi connectivity index (χ3v) is 6.31. The van der Waals surface area contributed by atoms with E-state index in [1.54, 1.807) is 7.11 Å². The summed E-state index contributed by atoms with van der Waals surface area (Å²) in [6.07, 6.45) is 2.11. The second-order valence-corrected chi connectivity index (χ2v) is 8.19. The van der Waals surface area contributed by atoms with Crippen LogP contribution in [0.1, 0.15) is 32.4 Å². The minimum absolute atomic E-state index is 0. The summed E-state index contributed by atoms with van der Waals surface area (Å²) < 4.78 is 16.5. The van der Waals surface area contributed by atoms with Gasteiger partial charge >= 0.3 is 0 Å². The van der Waals surface area contributed by atoms with Crippen LogP contribution in [0.15, 0.2) is 60.7 Å². The predicted molar refractivity (Wildman–Crippen MR) is 123 cm³/mol. The molecule has 0 amide bonds. The van der Waals surface area contributed by atoms with Crippen molar-refractivity contribution in [2.24, 2.45) is 5.73 Å². The monoisotopic (exact) mass is 419 g/mol. The van der Waals surface area contributed by atoms with Crippen LogP contribution in [0.25, 0.3) is 11.1 Å². The standard InChI is InChI=1S/C26H25NO4.2H2/c1-29-22-7-5-17(12-21(22)19-4-2-3-18(11-19)15-27)13-25(28)26(9-10-26)20-6-8-23-24(14-20)31-16-30-23;;/h2-8,11-12,14H,9-10,13,15-16,27H2,1H3;2*1H. The van der Waals surface area contributed by atoms with Gasteiger partial charge in [0.15, 0.2) is 11.5 Å². The van der Waals surface area contributed by atoms with Crippen LogP contribution in [0.3, 0.4) is 0 Å². The molecule has 5 nitrogen and oxygen atoms in total. The average Bonchev–Trinajstić information content (AvgIpc) is 3.50. The van der Waals surface area contributed by atoms with Gasteiger partial charge in [0.25, 0.3) is 0 Å². The van der Waals surface area contributed by atoms with Crippen molar-refractivity contribution >= 4 is 5.78 Å². The van der Waals surface area contributed by atoms with Crippen molar-refractivity contribution in [2.75, 3.05) is 13.9 Å². The fraction of sp³-hybridized carbons (Fsp3) is 0.269. The summed E-state index contributed by atoms with van der Waals surface area (Å²) in [7, 11) is 1.66. The minimum Gasteiger partial charge on any atom is -0.496 e. The lowest BCUT2D eigenvalue weighted by atomic mass is 9.87. The van der Waals surface area contributed by atoms with Gasteiger partial charge in [0.1, 0.15) is 11.5 Å². The molecule has 1 aliphatic carbocycles. The van der Waals surface area contributed by atoms with Crippen molar-refractivity contribution < 1.29 is 21.9 Å². The van der Waals surface area contributed by atoms with E-state index in [1.165, 1.54) is 0 Å². The first-order valence-corrected chi connectivity index (χ1v) is 10.5. The topological polar surface area (TPSA) is 70.8 Å². The van der Waals surface area contributed by atoms with Gasteiger partial charge in [-0.3, -0.25) is 4.79 Å². The lowest BCUT2D eigenvalue weighted by molar-refractivity contribution is -0.120. The molecule has 3 aromatic carbocycles. The molecule has 1 aliphatic heterocycles. The number of hydrogen-bond acceptors (Lipinski definition) is 5. The highest BCUT2D eigenvalue weighted by Gasteiger charge is 2.50. The fourth-order valence-electron chi connectivity index (χ4n) is 4.36. The zero-order valence-corrected chi connectivity index (χ0v) is 17.5. The highest BCUT2D eigenvalue weighted by molar-refractivity contribution is 5.95. The number of Topliss-reactive ketones (excluding diaryl/α,β-unsaturated/α-hetero) is 1. The number of ether oxygens (including phenoxy) is 3. The maximum atomic E-state index is 13.4. The number of nitrogens with two attached hydrogens (primary N) is 1. The van der Waals surface area contributed by atoms with E-state index in [4.69, 9.17) is 19.9 Å². The van der Waals surface area contributed by atoms with E-state index >= 15 is 0 Å². The van der Waals surface area contributed by atoms with E-state index in [0.717, 1.165) is 57.9 Å². The molecule has 0 saturated heterocycles. The average molecular weight is 420 g/mol. The number of rotatable bonds is 7. The summed E-state index contributed by atoms with van der Waals surface area (Å²) in [4.78, 5) is 13.4. The Morgan fingerprint density at radius 1 is 1.03 bits per heavy atom. The summed E-state index contributed by atoms with van der Waals surface area (Å²) >= 11 is 0. The SMILES string of the molecule is COc1ccc(CC(=O)C2(c3ccc4c(c3)OCO4)CC2)cc1-c1cccc(CN)c1.[HH].[HH]. The normalized spacial score (nSPS) is 15.5. The van der Waals surface area contributed by atoms with Crippen molar-refractivity contribution in [2.45, 2.75) is 31.2 Å². The van der Waals surface area contributed by atoms with Crippen molar-refractivity contribution in [3.63, 3.8) is 0 Å². The second kappa shape index (κ2) is 7.75. The van der Waals surface area contributed by atoms with Gasteiger partial charge in [0.2, 0.25) is 6.79 Å². The van der Waals surface area contributed by atoms with Crippen LogP contribution in [0, 0.1) is 0 Å². The molecular weight excluding hydrogens is 390 g/mol. The number of methoxy groups -OCH3 is 1. The van der Waals surface area contributed by atoms with Crippen molar-refractivity contribution in [3.8, 4) is 28.4 Å². The Balaban J connectivity index is 0.00000153. The van der Waals surface area contributed by atoms with Crippen LogP contribution in [0.2, 0.25) is 0 Å². The molecule has 1 heterocycles. The predicted octanol–water partition coefficient (Wildman–Crippen LogP) is 4.89. The lowest BCUT2D eigenvalue weighted by Gasteiger charge is -2.16. The van der Waals surface area contributed by atoms with E-state index < -0.39 is 5.41 Å². The van der Waals surface area contributed by atoms with Crippen LogP contribution in [-0.2, 0) is 23.2 Å². The molecule has 0 spiro atoms. The molecule has 31 heavy (non-hydrogen) atoms. The molecule has 0 bridgehead atoms. The molecule has 2 aliphatic rings. The van der Waals surface area contributed by atoms with Crippen LogP contribution in [0.4, 0.5) is 0 Å². The molecule has 1 saturated carbocycles. The van der Waals surface area contributed by atoms with Crippen molar-refractivity contribution in [1.29, 1.82) is 0 Å². The van der Waals surface area contributed by atoms with E-state index in [-0.39, 0.29) is 15.4 Å². The summed E-state index contributed by atoms with van der Waals surface area (Å²) in [5.74, 6) is 2.48. The van der Waals surface area contributed by atoms with Gasteiger partial charge in [0.05, 0.1) is 12.5 Å². The Morgan fingerprint density at radius 3 is 2.65 bits per heavy atom. The quantitative estimate of drug-likeness (QED) is 0.591. The van der Waals surface area contributed by atoms with Crippen molar-refractivity contribution in [3.05, 3.63) is 77.4 Å². The lowest BCUT2D eigenvalue weighted by Crippen LogP contribution is -2.22. The summed E-state index contributed by atoms with van der Waals surface area (Å²) in [5.41, 5.74) is 10.5. The van der Waals surface area contributed by atoms with Gasteiger partial charge in [-0.2, -0.15) is 0 Å². The molecule has 2 N–H and O–H groups in total. The second-order valence-electron chi connectivity index (χ2n) is 8.19. The van der Waals surface area contributed by atoms with Gasteiger partial charge in [-0.05, 0) is 65.4 Å². The molecule has 162 valence electrons. The maximum Gasteiger partial charge on any atom is 0.231 e. The highest BCUT2D eigenvalue weighted by Crippen LogP contribution is 2.51. The minimum atomic E-state index is -0.416. The first-order valence-electron chi connectivity index (χ1n) is 10.5. The first kappa shape index (κ1) is 19.6. The van der Waals surface area contributed by atoms with Gasteiger partial charge in [-0.1, -0.05) is 30.3 Å². The molecule has 0 radical (unpaired) electrons. The molecule has 3 aromatic rings. The Hall–Kier alpha value is -3.31. The van der Waals surface area contributed by atoms with Crippen LogP contribution in [0.5, 0.6) is 17.2 Å². The van der Waals surface area contributed by atoms with E-state index in [0.29, 0.717) is 13.0 Å². The molecular formula is C26H29NO4. The maximum absolute atomic E-state index is 13.4. The Labute approximate surface area is 184 Å². The molecule has 0 unspecified atom stereocenters. The van der Waals surface area contributed by atoms with Crippen molar-refractivity contribution in [1.82, 2.24) is 0 Å². The number of ketones is 1. The summed E-state index contributed by atoms with van der Waals surface area (Å²) in [5, 5.41) is 0. The fourth-order valence-corrected chi connectivity index (χ4v) is 4.36. The molecule has 1 fully saturated rings. The van der Waals surface area contributed by atoms with E-state index in [9.17, 15) is 4.79 Å². The van der Waals surface area contributed by atoms with E-state index in [2.05, 4.69) is 12.1 Å². The van der Waals surface area contributed by atoms with Gasteiger partial charge < -0.3 is 19.9 Å². The van der Waals surface area contributed by atoms with Crippen LogP contribution in [-0.4, -0.2) is 19.7 Å². The Bertz CT molecular complexity index is 1160. The summed E-state index contributed by atoms with van der Waals surface area (Å²) in [6, 6.07) is 19.9. The number of benzene rings is 3. The van der Waals surface area contributed by atoms with Crippen LogP contribution < -0.4 is 19.9 Å². The molecule has 0 atom stereocenters. The molecule has 0 aromatic heterocycles. The largest absolute Gasteiger partial charge is 0.496 e. The number of hydrogen-bond donors (Lipinski definition) is 1. The van der Waals surface area contributed by atoms with Gasteiger partial charge in [-0.15, -0.1) is 0 Å². The third kappa shape index (κ3) is 3.55. The smallest absolute Gasteiger partial charge is 0.231 e. The number of carbonyl (C=O) groups excluding carboxylic acids is 1. The Morgan fingerprint density at radius 2 is 1.87 bits per heavy atom. The molecule has 5 rings (SSSR count). The number of fused-ring (bicyclic) bond motifs is 1. The highest BCUT2D eigenvalue weighted by atomic mass is 16.7. The zero-order chi connectivity index (χ0) is 21.4. The third-order valence-electron chi connectivity index (χ3n) is 6.31. The Kier molecular flexibility index (Phi) is 4.91. The van der Waals surface area contributed by atoms with Gasteiger partial charge in [-0.25, -0.2) is 0 Å².